The summed E-state index contributed by atoms with van der Waals surface area (Å²) >= 11 is 0. The molecule has 0 spiro atoms. The summed E-state index contributed by atoms with van der Waals surface area (Å²) in [6, 6.07) is 15.2. The van der Waals surface area contributed by atoms with Gasteiger partial charge in [-0.2, -0.15) is 0 Å². The highest BCUT2D eigenvalue weighted by molar-refractivity contribution is 5.82. The molecule has 1 saturated carbocycles. The minimum atomic E-state index is -2.70. The smallest absolute Gasteiger partial charge is 0.263 e. The summed E-state index contributed by atoms with van der Waals surface area (Å²) < 4.78 is 26.0. The molecule has 1 amide bonds. The molecule has 8 heteroatoms. The van der Waals surface area contributed by atoms with E-state index in [0.29, 0.717) is 23.5 Å². The molecule has 170 valence electrons. The van der Waals surface area contributed by atoms with Crippen molar-refractivity contribution in [3.05, 3.63) is 98.7 Å². The van der Waals surface area contributed by atoms with Gasteiger partial charge in [-0.1, -0.05) is 48.5 Å². The zero-order chi connectivity index (χ0) is 23.2. The Kier molecular flexibility index (Phi) is 5.32. The van der Waals surface area contributed by atoms with Crippen molar-refractivity contribution in [1.29, 1.82) is 0 Å². The van der Waals surface area contributed by atoms with E-state index < -0.39 is 18.4 Å². The van der Waals surface area contributed by atoms with Crippen molar-refractivity contribution in [2.24, 2.45) is 0 Å². The molecule has 0 radical (unpaired) electrons. The highest BCUT2D eigenvalue weighted by Gasteiger charge is 2.48. The zero-order valence-electron chi connectivity index (χ0n) is 17.8. The lowest BCUT2D eigenvalue weighted by Gasteiger charge is -2.30. The van der Waals surface area contributed by atoms with E-state index in [2.05, 4.69) is 4.98 Å². The molecule has 1 aliphatic carbocycles. The highest BCUT2D eigenvalue weighted by Crippen LogP contribution is 2.51. The van der Waals surface area contributed by atoms with Crippen molar-refractivity contribution in [3.63, 3.8) is 0 Å². The Bertz CT molecular complexity index is 1260. The third-order valence-corrected chi connectivity index (χ3v) is 6.62. The Morgan fingerprint density at radius 2 is 1.82 bits per heavy atom. The van der Waals surface area contributed by atoms with Crippen LogP contribution in [0.15, 0.2) is 59.4 Å². The van der Waals surface area contributed by atoms with Crippen molar-refractivity contribution in [2.45, 2.75) is 43.8 Å². The number of aliphatic hydroxyl groups excluding tert-OH is 1. The maximum absolute atomic E-state index is 13.0. The summed E-state index contributed by atoms with van der Waals surface area (Å²) in [5.74, 6) is 0.0274. The van der Waals surface area contributed by atoms with Crippen LogP contribution in [-0.4, -0.2) is 32.4 Å². The Morgan fingerprint density at radius 3 is 2.52 bits per heavy atom. The van der Waals surface area contributed by atoms with Crippen LogP contribution in [0.25, 0.3) is 0 Å². The lowest BCUT2D eigenvalue weighted by Crippen LogP contribution is -2.42. The summed E-state index contributed by atoms with van der Waals surface area (Å²) in [6.07, 6.45) is -2.07. The average molecular weight is 451 g/mol. The molecule has 5 rings (SSSR count). The molecule has 0 bridgehead atoms. The number of fused-ring (bicyclic) bond motifs is 1. The minimum absolute atomic E-state index is 0.0146. The first kappa shape index (κ1) is 21.5. The Hall–Kier alpha value is -3.39. The van der Waals surface area contributed by atoms with Crippen molar-refractivity contribution >= 4 is 5.91 Å². The van der Waals surface area contributed by atoms with E-state index >= 15 is 0 Å². The van der Waals surface area contributed by atoms with Gasteiger partial charge in [-0.05, 0) is 30.0 Å². The molecule has 0 saturated heterocycles. The SMILES string of the molecule is O=C(C(O)c1cccc(C(F)F)c1)N1CCc2nc(C3(c4ccccc4)CC3)[nH]c(=O)c2C1. The third-order valence-electron chi connectivity index (χ3n) is 6.62. The van der Waals surface area contributed by atoms with E-state index in [-0.39, 0.29) is 35.2 Å². The molecule has 2 aromatic carbocycles. The van der Waals surface area contributed by atoms with Gasteiger partial charge >= 0.3 is 0 Å². The fourth-order valence-corrected chi connectivity index (χ4v) is 4.56. The number of aliphatic hydroxyl groups is 1. The lowest BCUT2D eigenvalue weighted by molar-refractivity contribution is -0.141. The second kappa shape index (κ2) is 8.19. The first-order valence-corrected chi connectivity index (χ1v) is 10.9. The van der Waals surface area contributed by atoms with Crippen LogP contribution in [-0.2, 0) is 23.2 Å². The number of carbonyl (C=O) groups is 1. The van der Waals surface area contributed by atoms with Crippen molar-refractivity contribution in [1.82, 2.24) is 14.9 Å². The molecular formula is C25H23F2N3O3. The Morgan fingerprint density at radius 1 is 1.09 bits per heavy atom. The number of nitrogens with one attached hydrogen (secondary N) is 1. The Labute approximate surface area is 188 Å². The molecule has 33 heavy (non-hydrogen) atoms. The number of amides is 1. The highest BCUT2D eigenvalue weighted by atomic mass is 19.3. The van der Waals surface area contributed by atoms with Gasteiger partial charge in [-0.15, -0.1) is 0 Å². The quantitative estimate of drug-likeness (QED) is 0.623. The van der Waals surface area contributed by atoms with Gasteiger partial charge < -0.3 is 15.0 Å². The first-order valence-electron chi connectivity index (χ1n) is 10.9. The lowest BCUT2D eigenvalue weighted by atomic mass is 9.94. The monoisotopic (exact) mass is 451 g/mol. The second-order valence-electron chi connectivity index (χ2n) is 8.67. The summed E-state index contributed by atoms with van der Waals surface area (Å²) in [5.41, 5.74) is 1.46. The van der Waals surface area contributed by atoms with Crippen molar-refractivity contribution in [2.75, 3.05) is 6.54 Å². The van der Waals surface area contributed by atoms with E-state index in [1.165, 1.54) is 23.1 Å². The number of carbonyl (C=O) groups excluding carboxylic acids is 1. The van der Waals surface area contributed by atoms with Crippen molar-refractivity contribution in [3.8, 4) is 0 Å². The molecule has 3 aromatic rings. The van der Waals surface area contributed by atoms with Gasteiger partial charge in [-0.25, -0.2) is 13.8 Å². The number of aromatic nitrogens is 2. The normalized spacial score (nSPS) is 17.5. The summed E-state index contributed by atoms with van der Waals surface area (Å²) in [6.45, 7) is 0.298. The number of rotatable bonds is 5. The third kappa shape index (κ3) is 3.84. The van der Waals surface area contributed by atoms with Gasteiger partial charge in [0.25, 0.3) is 17.9 Å². The molecule has 2 heterocycles. The van der Waals surface area contributed by atoms with Crippen LogP contribution < -0.4 is 5.56 Å². The topological polar surface area (TPSA) is 86.3 Å². The number of nitrogens with zero attached hydrogens (tertiary/aromatic N) is 2. The van der Waals surface area contributed by atoms with Gasteiger partial charge in [0.1, 0.15) is 5.82 Å². The van der Waals surface area contributed by atoms with Crippen LogP contribution in [0.4, 0.5) is 8.78 Å². The van der Waals surface area contributed by atoms with Gasteiger partial charge in [0.2, 0.25) is 0 Å². The molecule has 1 fully saturated rings. The average Bonchev–Trinajstić information content (AvgIpc) is 3.66. The standard InChI is InChI=1S/C25H23F2N3O3/c26-21(27)16-6-4-5-15(13-16)20(31)23(33)30-12-9-19-18(14-30)22(32)29-24(28-19)25(10-11-25)17-7-2-1-3-8-17/h1-8,13,20-21,31H,9-12,14H2,(H,28,29,32). The number of H-pyrrole nitrogens is 1. The van der Waals surface area contributed by atoms with Gasteiger partial charge in [0.15, 0.2) is 6.10 Å². The number of aromatic amines is 1. The van der Waals surface area contributed by atoms with Crippen LogP contribution in [0, 0.1) is 0 Å². The number of alkyl halides is 2. The second-order valence-corrected chi connectivity index (χ2v) is 8.67. The maximum atomic E-state index is 13.0. The molecule has 2 aliphatic rings. The summed E-state index contributed by atoms with van der Waals surface area (Å²) in [4.78, 5) is 34.9. The Balaban J connectivity index is 1.38. The number of hydrogen-bond acceptors (Lipinski definition) is 4. The minimum Gasteiger partial charge on any atom is -0.378 e. The molecule has 1 unspecified atom stereocenters. The predicted octanol–water partition coefficient (Wildman–Crippen LogP) is 3.41. The van der Waals surface area contributed by atoms with Crippen molar-refractivity contribution < 1.29 is 18.7 Å². The molecular weight excluding hydrogens is 428 g/mol. The number of benzene rings is 2. The fraction of sp³-hybridized carbons (Fsp3) is 0.320. The van der Waals surface area contributed by atoms with Crippen LogP contribution in [0.2, 0.25) is 0 Å². The zero-order valence-corrected chi connectivity index (χ0v) is 17.8. The molecule has 2 N–H and O–H groups in total. The van der Waals surface area contributed by atoms with E-state index in [1.54, 1.807) is 0 Å². The predicted molar refractivity (Wildman–Crippen MR) is 117 cm³/mol. The molecule has 6 nitrogen and oxygen atoms in total. The van der Waals surface area contributed by atoms with Gasteiger partial charge in [0.05, 0.1) is 23.2 Å². The summed E-state index contributed by atoms with van der Waals surface area (Å²) in [7, 11) is 0. The first-order chi connectivity index (χ1) is 15.9. The molecule has 1 aromatic heterocycles. The van der Waals surface area contributed by atoms with Crippen LogP contribution in [0.1, 0.15) is 59.1 Å². The van der Waals surface area contributed by atoms with E-state index in [1.807, 2.05) is 30.3 Å². The van der Waals surface area contributed by atoms with E-state index in [4.69, 9.17) is 4.98 Å². The fourth-order valence-electron chi connectivity index (χ4n) is 4.56. The molecule has 1 aliphatic heterocycles. The largest absolute Gasteiger partial charge is 0.378 e. The van der Waals surface area contributed by atoms with E-state index in [9.17, 15) is 23.5 Å². The molecule has 1 atom stereocenters. The van der Waals surface area contributed by atoms with Gasteiger partial charge in [-0.3, -0.25) is 9.59 Å². The summed E-state index contributed by atoms with van der Waals surface area (Å²) in [5, 5.41) is 10.5. The number of hydrogen-bond donors (Lipinski definition) is 2. The van der Waals surface area contributed by atoms with E-state index in [0.717, 1.165) is 24.5 Å². The number of halogens is 2. The van der Waals surface area contributed by atoms with Crippen LogP contribution in [0.5, 0.6) is 0 Å². The van der Waals surface area contributed by atoms with Crippen LogP contribution >= 0.6 is 0 Å². The maximum Gasteiger partial charge on any atom is 0.263 e. The van der Waals surface area contributed by atoms with Crippen LogP contribution in [0.3, 0.4) is 0 Å². The van der Waals surface area contributed by atoms with Gasteiger partial charge in [0, 0.05) is 18.5 Å².